The zero-order valence-corrected chi connectivity index (χ0v) is 19.3. The normalized spacial score (nSPS) is 11.6. The monoisotopic (exact) mass is 475 g/mol. The molecule has 6 nitrogen and oxygen atoms in total. The van der Waals surface area contributed by atoms with Crippen LogP contribution in [0.2, 0.25) is 10.0 Å². The fraction of sp³-hybridized carbons (Fsp3) is 0.350. The van der Waals surface area contributed by atoms with Gasteiger partial charge in [-0.05, 0) is 63.0 Å². The highest BCUT2D eigenvalue weighted by Crippen LogP contribution is 2.24. The molecule has 0 fully saturated rings. The van der Waals surface area contributed by atoms with Gasteiger partial charge in [0, 0.05) is 18.7 Å². The SMILES string of the molecule is CN(C)CCCN(Cc1ccc(Cl)c(Cl)c1)C(=O)c1ccc(F)c(NS(C)(=O)=O)c1. The number of sulfonamides is 1. The molecule has 2 aromatic rings. The molecule has 0 radical (unpaired) electrons. The van der Waals surface area contributed by atoms with Crippen LogP contribution in [0.4, 0.5) is 10.1 Å². The third-order valence-electron chi connectivity index (χ3n) is 4.19. The molecule has 1 N–H and O–H groups in total. The molecular weight excluding hydrogens is 452 g/mol. The van der Waals surface area contributed by atoms with E-state index >= 15 is 0 Å². The molecule has 30 heavy (non-hydrogen) atoms. The molecule has 0 unspecified atom stereocenters. The first-order valence-corrected chi connectivity index (χ1v) is 11.8. The molecule has 0 aliphatic heterocycles. The number of nitrogens with one attached hydrogen (secondary N) is 1. The summed E-state index contributed by atoms with van der Waals surface area (Å²) in [5, 5.41) is 0.803. The Balaban J connectivity index is 2.30. The molecular formula is C20H24Cl2FN3O3S. The lowest BCUT2D eigenvalue weighted by atomic mass is 10.1. The largest absolute Gasteiger partial charge is 0.334 e. The predicted molar refractivity (Wildman–Crippen MR) is 119 cm³/mol. The minimum atomic E-state index is -3.69. The Morgan fingerprint density at radius 3 is 2.37 bits per heavy atom. The second-order valence-corrected chi connectivity index (χ2v) is 9.76. The second kappa shape index (κ2) is 10.4. The molecule has 0 heterocycles. The van der Waals surface area contributed by atoms with Crippen molar-refractivity contribution in [2.45, 2.75) is 13.0 Å². The maximum atomic E-state index is 14.0. The quantitative estimate of drug-likeness (QED) is 0.592. The van der Waals surface area contributed by atoms with Gasteiger partial charge in [0.05, 0.1) is 22.0 Å². The highest BCUT2D eigenvalue weighted by Gasteiger charge is 2.19. The van der Waals surface area contributed by atoms with E-state index in [1.54, 1.807) is 23.1 Å². The Labute approximate surface area is 186 Å². The van der Waals surface area contributed by atoms with Crippen LogP contribution in [0.1, 0.15) is 22.3 Å². The van der Waals surface area contributed by atoms with Crippen LogP contribution >= 0.6 is 23.2 Å². The van der Waals surface area contributed by atoms with Crippen molar-refractivity contribution in [2.75, 3.05) is 38.2 Å². The highest BCUT2D eigenvalue weighted by molar-refractivity contribution is 7.92. The van der Waals surface area contributed by atoms with Gasteiger partial charge in [-0.2, -0.15) is 0 Å². The molecule has 0 aliphatic carbocycles. The molecule has 1 amide bonds. The maximum Gasteiger partial charge on any atom is 0.254 e. The van der Waals surface area contributed by atoms with Gasteiger partial charge < -0.3 is 9.80 Å². The standard InChI is InChI=1S/C20H24Cl2FN3O3S/c1-25(2)9-4-10-26(13-14-5-7-16(21)17(22)11-14)20(27)15-6-8-18(23)19(12-15)24-30(3,28)29/h5-8,11-12,24H,4,9-10,13H2,1-3H3. The van der Waals surface area contributed by atoms with Crippen molar-refractivity contribution in [3.8, 4) is 0 Å². The lowest BCUT2D eigenvalue weighted by Crippen LogP contribution is -2.33. The number of carbonyl (C=O) groups is 1. The van der Waals surface area contributed by atoms with Crippen molar-refractivity contribution >= 4 is 44.8 Å². The van der Waals surface area contributed by atoms with Gasteiger partial charge in [0.1, 0.15) is 5.82 Å². The Bertz CT molecular complexity index is 1020. The van der Waals surface area contributed by atoms with Crippen LogP contribution in [0.3, 0.4) is 0 Å². The van der Waals surface area contributed by atoms with E-state index < -0.39 is 15.8 Å². The third kappa shape index (κ3) is 7.43. The fourth-order valence-electron chi connectivity index (χ4n) is 2.81. The van der Waals surface area contributed by atoms with Gasteiger partial charge in [-0.15, -0.1) is 0 Å². The van der Waals surface area contributed by atoms with Gasteiger partial charge in [-0.3, -0.25) is 9.52 Å². The predicted octanol–water partition coefficient (Wildman–Crippen LogP) is 4.10. The molecule has 0 spiro atoms. The Hall–Kier alpha value is -1.87. The van der Waals surface area contributed by atoms with Crippen molar-refractivity contribution in [1.82, 2.24) is 9.80 Å². The Kier molecular flexibility index (Phi) is 8.49. The summed E-state index contributed by atoms with van der Waals surface area (Å²) in [7, 11) is 0.186. The topological polar surface area (TPSA) is 69.7 Å². The van der Waals surface area contributed by atoms with E-state index in [4.69, 9.17) is 23.2 Å². The maximum absolute atomic E-state index is 14.0. The Morgan fingerprint density at radius 2 is 1.77 bits per heavy atom. The average Bonchev–Trinajstić information content (AvgIpc) is 2.63. The summed E-state index contributed by atoms with van der Waals surface area (Å²) >= 11 is 12.1. The minimum Gasteiger partial charge on any atom is -0.334 e. The number of amides is 1. The van der Waals surface area contributed by atoms with Crippen LogP contribution < -0.4 is 4.72 Å². The average molecular weight is 476 g/mol. The number of anilines is 1. The molecule has 2 rings (SSSR count). The molecule has 0 bridgehead atoms. The van der Waals surface area contributed by atoms with Crippen LogP contribution in [-0.4, -0.2) is 57.6 Å². The third-order valence-corrected chi connectivity index (χ3v) is 5.52. The first-order valence-electron chi connectivity index (χ1n) is 9.11. The molecule has 0 atom stereocenters. The highest BCUT2D eigenvalue weighted by atomic mass is 35.5. The van der Waals surface area contributed by atoms with E-state index in [0.717, 1.165) is 30.9 Å². The van der Waals surface area contributed by atoms with Crippen molar-refractivity contribution in [3.63, 3.8) is 0 Å². The summed E-state index contributed by atoms with van der Waals surface area (Å²) in [4.78, 5) is 16.8. The smallest absolute Gasteiger partial charge is 0.254 e. The molecule has 2 aromatic carbocycles. The van der Waals surface area contributed by atoms with E-state index in [1.165, 1.54) is 12.1 Å². The number of carbonyl (C=O) groups excluding carboxylic acids is 1. The van der Waals surface area contributed by atoms with Crippen LogP contribution in [0.25, 0.3) is 0 Å². The summed E-state index contributed by atoms with van der Waals surface area (Å²) in [5.74, 6) is -1.11. The zero-order chi connectivity index (χ0) is 22.5. The van der Waals surface area contributed by atoms with Gasteiger partial charge in [0.25, 0.3) is 5.91 Å². The number of hydrogen-bond donors (Lipinski definition) is 1. The van der Waals surface area contributed by atoms with Gasteiger partial charge >= 0.3 is 0 Å². The van der Waals surface area contributed by atoms with Crippen LogP contribution in [-0.2, 0) is 16.6 Å². The lowest BCUT2D eigenvalue weighted by Gasteiger charge is -2.24. The summed E-state index contributed by atoms with van der Waals surface area (Å²) in [5.41, 5.74) is 0.692. The number of benzene rings is 2. The minimum absolute atomic E-state index is 0.174. The number of halogens is 3. The van der Waals surface area contributed by atoms with Gasteiger partial charge in [0.15, 0.2) is 0 Å². The van der Waals surface area contributed by atoms with E-state index in [0.29, 0.717) is 16.6 Å². The molecule has 0 aromatic heterocycles. The summed E-state index contributed by atoms with van der Waals surface area (Å²) in [6.07, 6.45) is 1.63. The summed E-state index contributed by atoms with van der Waals surface area (Å²) in [6, 6.07) is 8.73. The lowest BCUT2D eigenvalue weighted by molar-refractivity contribution is 0.0737. The van der Waals surface area contributed by atoms with Crippen molar-refractivity contribution in [1.29, 1.82) is 0 Å². The zero-order valence-electron chi connectivity index (χ0n) is 17.0. The van der Waals surface area contributed by atoms with Crippen molar-refractivity contribution < 1.29 is 17.6 Å². The molecule has 0 saturated heterocycles. The van der Waals surface area contributed by atoms with Gasteiger partial charge in [-0.1, -0.05) is 29.3 Å². The first-order chi connectivity index (χ1) is 14.0. The van der Waals surface area contributed by atoms with E-state index in [9.17, 15) is 17.6 Å². The summed E-state index contributed by atoms with van der Waals surface area (Å²) < 4.78 is 39.0. The summed E-state index contributed by atoms with van der Waals surface area (Å²) in [6.45, 7) is 1.49. The van der Waals surface area contributed by atoms with Gasteiger partial charge in [-0.25, -0.2) is 12.8 Å². The Morgan fingerprint density at radius 1 is 1.07 bits per heavy atom. The molecule has 10 heteroatoms. The second-order valence-electron chi connectivity index (χ2n) is 7.20. The van der Waals surface area contributed by atoms with Gasteiger partial charge in [0.2, 0.25) is 10.0 Å². The van der Waals surface area contributed by atoms with Crippen molar-refractivity contribution in [2.24, 2.45) is 0 Å². The number of rotatable bonds is 9. The van der Waals surface area contributed by atoms with Crippen LogP contribution in [0.5, 0.6) is 0 Å². The van der Waals surface area contributed by atoms with E-state index in [-0.39, 0.29) is 23.7 Å². The molecule has 164 valence electrons. The van der Waals surface area contributed by atoms with E-state index in [1.807, 2.05) is 19.0 Å². The first kappa shape index (κ1) is 24.4. The van der Waals surface area contributed by atoms with E-state index in [2.05, 4.69) is 4.72 Å². The molecule has 0 saturated carbocycles. The number of hydrogen-bond acceptors (Lipinski definition) is 4. The number of nitrogens with zero attached hydrogens (tertiary/aromatic N) is 2. The van der Waals surface area contributed by atoms with Crippen LogP contribution in [0, 0.1) is 5.82 Å². The molecule has 0 aliphatic rings. The fourth-order valence-corrected chi connectivity index (χ4v) is 3.68. The van der Waals surface area contributed by atoms with Crippen molar-refractivity contribution in [3.05, 3.63) is 63.4 Å². The van der Waals surface area contributed by atoms with Crippen LogP contribution in [0.15, 0.2) is 36.4 Å².